The Morgan fingerprint density at radius 2 is 2.33 bits per heavy atom. The van der Waals surface area contributed by atoms with E-state index in [2.05, 4.69) is 12.2 Å². The molecule has 0 aromatic heterocycles. The van der Waals surface area contributed by atoms with Gasteiger partial charge in [-0.05, 0) is 25.3 Å². The zero-order valence-corrected chi connectivity index (χ0v) is 7.71. The summed E-state index contributed by atoms with van der Waals surface area (Å²) in [5, 5.41) is 12.1. The zero-order valence-electron chi connectivity index (χ0n) is 7.71. The molecule has 1 heterocycles. The van der Waals surface area contributed by atoms with Gasteiger partial charge in [0.2, 0.25) is 0 Å². The van der Waals surface area contributed by atoms with Crippen molar-refractivity contribution in [1.82, 2.24) is 5.32 Å². The van der Waals surface area contributed by atoms with Crippen LogP contribution in [0.15, 0.2) is 0 Å². The molecule has 1 fully saturated rings. The number of nitrogens with one attached hydrogen (secondary N) is 1. The summed E-state index contributed by atoms with van der Waals surface area (Å²) in [4.78, 5) is 10.7. The fourth-order valence-corrected chi connectivity index (χ4v) is 1.90. The molecule has 0 aliphatic carbocycles. The second-order valence-corrected chi connectivity index (χ2v) is 3.73. The van der Waals surface area contributed by atoms with Gasteiger partial charge in [-0.25, -0.2) is 0 Å². The Bertz CT molecular complexity index is 170. The molecule has 1 aliphatic heterocycles. The average Bonchev–Trinajstić information content (AvgIpc) is 2.04. The molecule has 1 aliphatic rings. The number of carboxylic acids is 1. The number of rotatable bonds is 2. The second-order valence-electron chi connectivity index (χ2n) is 3.73. The number of piperidine rings is 1. The molecule has 3 atom stereocenters. The zero-order chi connectivity index (χ0) is 9.14. The Kier molecular flexibility index (Phi) is 3.09. The Balaban J connectivity index is 2.53. The minimum absolute atomic E-state index is 0.163. The largest absolute Gasteiger partial charge is 0.481 e. The number of hydrogen-bond acceptors (Lipinski definition) is 2. The van der Waals surface area contributed by atoms with E-state index in [0.29, 0.717) is 5.92 Å². The standard InChI is InChI=1S/C9H17NO2/c1-6-4-3-5-10-8(6)7(2)9(11)12/h6-8,10H,3-5H2,1-2H3,(H,11,12)/t6?,7-,8+/m1/s1. The lowest BCUT2D eigenvalue weighted by Crippen LogP contribution is -2.46. The van der Waals surface area contributed by atoms with Crippen molar-refractivity contribution >= 4 is 5.97 Å². The molecular weight excluding hydrogens is 154 g/mol. The molecule has 3 heteroatoms. The highest BCUT2D eigenvalue weighted by Gasteiger charge is 2.29. The lowest BCUT2D eigenvalue weighted by atomic mass is 9.85. The van der Waals surface area contributed by atoms with Crippen LogP contribution in [0.4, 0.5) is 0 Å². The molecule has 1 unspecified atom stereocenters. The second kappa shape index (κ2) is 3.90. The molecule has 0 spiro atoms. The summed E-state index contributed by atoms with van der Waals surface area (Å²) in [6.07, 6.45) is 2.32. The molecular formula is C9H17NO2. The fraction of sp³-hybridized carbons (Fsp3) is 0.889. The topological polar surface area (TPSA) is 49.3 Å². The normalized spacial score (nSPS) is 32.8. The quantitative estimate of drug-likeness (QED) is 0.654. The van der Waals surface area contributed by atoms with Gasteiger partial charge >= 0.3 is 5.97 Å². The van der Waals surface area contributed by atoms with Gasteiger partial charge in [0, 0.05) is 6.04 Å². The molecule has 0 aromatic rings. The molecule has 1 saturated heterocycles. The Hall–Kier alpha value is -0.570. The smallest absolute Gasteiger partial charge is 0.307 e. The van der Waals surface area contributed by atoms with Crippen molar-refractivity contribution in [2.45, 2.75) is 32.7 Å². The van der Waals surface area contributed by atoms with Gasteiger partial charge in [0.1, 0.15) is 0 Å². The highest BCUT2D eigenvalue weighted by atomic mass is 16.4. The number of carbonyl (C=O) groups is 1. The van der Waals surface area contributed by atoms with Gasteiger partial charge in [-0.1, -0.05) is 13.8 Å². The van der Waals surface area contributed by atoms with Gasteiger partial charge in [-0.3, -0.25) is 4.79 Å². The van der Waals surface area contributed by atoms with E-state index in [4.69, 9.17) is 5.11 Å². The van der Waals surface area contributed by atoms with Gasteiger partial charge in [-0.2, -0.15) is 0 Å². The fourth-order valence-electron chi connectivity index (χ4n) is 1.90. The summed E-state index contributed by atoms with van der Waals surface area (Å²) in [6.45, 7) is 4.87. The first-order valence-corrected chi connectivity index (χ1v) is 4.59. The van der Waals surface area contributed by atoms with Crippen LogP contribution < -0.4 is 5.32 Å². The van der Waals surface area contributed by atoms with Crippen LogP contribution in [0.25, 0.3) is 0 Å². The third-order valence-corrected chi connectivity index (χ3v) is 2.76. The van der Waals surface area contributed by atoms with E-state index in [0.717, 1.165) is 13.0 Å². The first-order chi connectivity index (χ1) is 5.63. The minimum atomic E-state index is -0.693. The predicted molar refractivity (Wildman–Crippen MR) is 47.0 cm³/mol. The van der Waals surface area contributed by atoms with Crippen LogP contribution in [0.1, 0.15) is 26.7 Å². The van der Waals surface area contributed by atoms with Gasteiger partial charge in [0.05, 0.1) is 5.92 Å². The van der Waals surface area contributed by atoms with Crippen molar-refractivity contribution in [3.63, 3.8) is 0 Å². The maximum atomic E-state index is 10.7. The number of hydrogen-bond donors (Lipinski definition) is 2. The number of aliphatic carboxylic acids is 1. The van der Waals surface area contributed by atoms with Gasteiger partial charge < -0.3 is 10.4 Å². The van der Waals surface area contributed by atoms with Crippen LogP contribution in [0.5, 0.6) is 0 Å². The van der Waals surface area contributed by atoms with Crippen molar-refractivity contribution in [3.05, 3.63) is 0 Å². The van der Waals surface area contributed by atoms with Crippen LogP contribution in [0, 0.1) is 11.8 Å². The van der Waals surface area contributed by atoms with Crippen LogP contribution in [0.2, 0.25) is 0 Å². The summed E-state index contributed by atoms with van der Waals surface area (Å²) < 4.78 is 0. The van der Waals surface area contributed by atoms with E-state index >= 15 is 0 Å². The highest BCUT2D eigenvalue weighted by Crippen LogP contribution is 2.21. The van der Waals surface area contributed by atoms with Gasteiger partial charge in [0.25, 0.3) is 0 Å². The van der Waals surface area contributed by atoms with Crippen LogP contribution in [0.3, 0.4) is 0 Å². The number of carboxylic acid groups (broad SMARTS) is 1. The highest BCUT2D eigenvalue weighted by molar-refractivity contribution is 5.70. The molecule has 0 amide bonds. The van der Waals surface area contributed by atoms with E-state index in [1.54, 1.807) is 6.92 Å². The molecule has 1 rings (SSSR count). The summed E-state index contributed by atoms with van der Waals surface area (Å²) in [5.41, 5.74) is 0. The van der Waals surface area contributed by atoms with E-state index in [1.807, 2.05) is 0 Å². The molecule has 12 heavy (non-hydrogen) atoms. The summed E-state index contributed by atoms with van der Waals surface area (Å²) in [7, 11) is 0. The lowest BCUT2D eigenvalue weighted by molar-refractivity contribution is -0.142. The molecule has 0 aromatic carbocycles. The maximum absolute atomic E-state index is 10.7. The Morgan fingerprint density at radius 3 is 2.83 bits per heavy atom. The van der Waals surface area contributed by atoms with Crippen molar-refractivity contribution in [1.29, 1.82) is 0 Å². The van der Waals surface area contributed by atoms with E-state index in [-0.39, 0.29) is 12.0 Å². The van der Waals surface area contributed by atoms with Gasteiger partial charge in [-0.15, -0.1) is 0 Å². The maximum Gasteiger partial charge on any atom is 0.307 e. The van der Waals surface area contributed by atoms with Crippen LogP contribution in [-0.4, -0.2) is 23.7 Å². The lowest BCUT2D eigenvalue weighted by Gasteiger charge is -2.32. The Labute approximate surface area is 73.2 Å². The molecule has 0 saturated carbocycles. The molecule has 0 radical (unpaired) electrons. The van der Waals surface area contributed by atoms with Crippen LogP contribution >= 0.6 is 0 Å². The minimum Gasteiger partial charge on any atom is -0.481 e. The summed E-state index contributed by atoms with van der Waals surface area (Å²) in [6, 6.07) is 0.163. The summed E-state index contributed by atoms with van der Waals surface area (Å²) >= 11 is 0. The monoisotopic (exact) mass is 171 g/mol. The van der Waals surface area contributed by atoms with E-state index < -0.39 is 5.97 Å². The molecule has 2 N–H and O–H groups in total. The molecule has 70 valence electrons. The first kappa shape index (κ1) is 9.52. The Morgan fingerprint density at radius 1 is 1.67 bits per heavy atom. The van der Waals surface area contributed by atoms with Crippen molar-refractivity contribution in [2.24, 2.45) is 11.8 Å². The third kappa shape index (κ3) is 1.97. The summed E-state index contributed by atoms with van der Waals surface area (Å²) in [5.74, 6) is -0.466. The molecule has 0 bridgehead atoms. The van der Waals surface area contributed by atoms with E-state index in [9.17, 15) is 4.79 Å². The van der Waals surface area contributed by atoms with E-state index in [1.165, 1.54) is 6.42 Å². The third-order valence-electron chi connectivity index (χ3n) is 2.76. The van der Waals surface area contributed by atoms with Crippen LogP contribution in [-0.2, 0) is 4.79 Å². The average molecular weight is 171 g/mol. The SMILES string of the molecule is CC1CCCN[C@@H]1[C@@H](C)C(=O)O. The van der Waals surface area contributed by atoms with Crippen molar-refractivity contribution in [2.75, 3.05) is 6.54 Å². The molecule has 3 nitrogen and oxygen atoms in total. The van der Waals surface area contributed by atoms with Crippen molar-refractivity contribution in [3.8, 4) is 0 Å². The first-order valence-electron chi connectivity index (χ1n) is 4.59. The predicted octanol–water partition coefficient (Wildman–Crippen LogP) is 1.10. The van der Waals surface area contributed by atoms with Crippen molar-refractivity contribution < 1.29 is 9.90 Å². The van der Waals surface area contributed by atoms with Gasteiger partial charge in [0.15, 0.2) is 0 Å².